The minimum atomic E-state index is -0.348. The fourth-order valence-electron chi connectivity index (χ4n) is 2.80. The molecular weight excluding hydrogens is 310 g/mol. The number of hydrogen-bond acceptors (Lipinski definition) is 7. The highest BCUT2D eigenvalue weighted by Crippen LogP contribution is 2.41. The first kappa shape index (κ1) is 12.7. The van der Waals surface area contributed by atoms with Crippen LogP contribution in [0.4, 0.5) is 11.6 Å². The lowest BCUT2D eigenvalue weighted by atomic mass is 10.2. The Bertz CT molecular complexity index is 794. The fraction of sp³-hybridized carbons (Fsp3) is 0.333. The van der Waals surface area contributed by atoms with Crippen LogP contribution in [0.2, 0.25) is 0 Å². The monoisotopic (exact) mass is 321 g/mol. The smallest absolute Gasteiger partial charge is 0.358 e. The van der Waals surface area contributed by atoms with E-state index in [0.29, 0.717) is 10.8 Å². The van der Waals surface area contributed by atoms with Gasteiger partial charge in [-0.3, -0.25) is 0 Å². The van der Waals surface area contributed by atoms with E-state index in [1.165, 1.54) is 11.3 Å². The van der Waals surface area contributed by atoms with Crippen molar-refractivity contribution in [2.24, 2.45) is 0 Å². The van der Waals surface area contributed by atoms with E-state index in [1.807, 2.05) is 10.3 Å². The van der Waals surface area contributed by atoms with Crippen molar-refractivity contribution in [3.8, 4) is 0 Å². The Hall–Kier alpha value is -2.00. The highest BCUT2D eigenvalue weighted by atomic mass is 32.1. The van der Waals surface area contributed by atoms with Gasteiger partial charge in [0.15, 0.2) is 0 Å². The van der Waals surface area contributed by atoms with Gasteiger partial charge >= 0.3 is 5.82 Å². The summed E-state index contributed by atoms with van der Waals surface area (Å²) in [5.74, 6) is 0.513. The molecule has 4 rings (SSSR count). The zero-order chi connectivity index (χ0) is 14.4. The summed E-state index contributed by atoms with van der Waals surface area (Å²) in [5, 5.41) is 16.2. The number of imidazole rings is 1. The van der Waals surface area contributed by atoms with Crippen LogP contribution in [0.15, 0.2) is 23.2 Å². The number of thiazole rings is 2. The summed E-state index contributed by atoms with van der Waals surface area (Å²) in [6, 6.07) is 0.0910. The second kappa shape index (κ2) is 4.78. The van der Waals surface area contributed by atoms with Crippen molar-refractivity contribution >= 4 is 39.3 Å². The lowest BCUT2D eigenvalue weighted by Crippen LogP contribution is -2.23. The molecule has 3 aromatic rings. The molecule has 1 unspecified atom stereocenters. The fourth-order valence-corrected chi connectivity index (χ4v) is 4.29. The average Bonchev–Trinajstić information content (AvgIpc) is 3.21. The van der Waals surface area contributed by atoms with Crippen LogP contribution in [-0.2, 0) is 0 Å². The number of anilines is 1. The predicted octanol–water partition coefficient (Wildman–Crippen LogP) is 3.10. The maximum absolute atomic E-state index is 11.5. The van der Waals surface area contributed by atoms with Crippen LogP contribution in [0.1, 0.15) is 23.9 Å². The molecule has 1 aliphatic rings. The quantitative estimate of drug-likeness (QED) is 0.547. The van der Waals surface area contributed by atoms with Crippen molar-refractivity contribution in [1.82, 2.24) is 14.4 Å². The lowest BCUT2D eigenvalue weighted by molar-refractivity contribution is -0.389. The molecule has 7 nitrogen and oxygen atoms in total. The molecule has 21 heavy (non-hydrogen) atoms. The SMILES string of the molecule is O=[N+]([O-])c1c(N2CCCC2c2nccs2)nc2sccn12. The van der Waals surface area contributed by atoms with Crippen molar-refractivity contribution in [3.05, 3.63) is 38.3 Å². The van der Waals surface area contributed by atoms with Gasteiger partial charge in [-0.05, 0) is 17.8 Å². The number of nitrogens with zero attached hydrogens (tertiary/aromatic N) is 5. The summed E-state index contributed by atoms with van der Waals surface area (Å²) in [5.41, 5.74) is 0. The molecule has 108 valence electrons. The van der Waals surface area contributed by atoms with Crippen LogP contribution in [0.5, 0.6) is 0 Å². The molecule has 0 radical (unpaired) electrons. The van der Waals surface area contributed by atoms with E-state index < -0.39 is 0 Å². The lowest BCUT2D eigenvalue weighted by Gasteiger charge is -2.22. The summed E-state index contributed by atoms with van der Waals surface area (Å²) in [6.07, 6.45) is 5.42. The number of rotatable bonds is 3. The van der Waals surface area contributed by atoms with E-state index in [1.54, 1.807) is 33.5 Å². The summed E-state index contributed by atoms with van der Waals surface area (Å²) >= 11 is 2.99. The largest absolute Gasteiger partial charge is 0.373 e. The summed E-state index contributed by atoms with van der Waals surface area (Å²) in [7, 11) is 0. The summed E-state index contributed by atoms with van der Waals surface area (Å²) in [6.45, 7) is 0.774. The van der Waals surface area contributed by atoms with Crippen molar-refractivity contribution in [1.29, 1.82) is 0 Å². The van der Waals surface area contributed by atoms with E-state index in [0.717, 1.165) is 24.4 Å². The second-order valence-corrected chi connectivity index (χ2v) is 6.59. The Morgan fingerprint density at radius 1 is 1.38 bits per heavy atom. The van der Waals surface area contributed by atoms with Crippen molar-refractivity contribution in [2.45, 2.75) is 18.9 Å². The molecule has 0 N–H and O–H groups in total. The van der Waals surface area contributed by atoms with E-state index in [-0.39, 0.29) is 16.8 Å². The Labute approximate surface area is 127 Å². The van der Waals surface area contributed by atoms with Crippen LogP contribution in [0.3, 0.4) is 0 Å². The zero-order valence-electron chi connectivity index (χ0n) is 10.9. The minimum absolute atomic E-state index is 0.0507. The van der Waals surface area contributed by atoms with Crippen LogP contribution >= 0.6 is 22.7 Å². The molecule has 0 amide bonds. The predicted molar refractivity (Wildman–Crippen MR) is 81.2 cm³/mol. The zero-order valence-corrected chi connectivity index (χ0v) is 12.5. The third kappa shape index (κ3) is 1.92. The van der Waals surface area contributed by atoms with E-state index >= 15 is 0 Å². The molecule has 0 bridgehead atoms. The summed E-state index contributed by atoms with van der Waals surface area (Å²) in [4.78, 5) is 22.6. The Morgan fingerprint density at radius 3 is 3.05 bits per heavy atom. The van der Waals surface area contributed by atoms with Crippen molar-refractivity contribution < 1.29 is 4.92 Å². The van der Waals surface area contributed by atoms with E-state index in [9.17, 15) is 10.1 Å². The van der Waals surface area contributed by atoms with Crippen LogP contribution in [0, 0.1) is 10.1 Å². The Balaban J connectivity index is 1.83. The standard InChI is InChI=1S/C12H11N5O2S2/c18-17(19)11-9(14-12-16(11)5-7-21-12)15-4-1-2-8(15)10-13-3-6-20-10/h3,5-8H,1-2,4H2. The van der Waals surface area contributed by atoms with Crippen LogP contribution in [0.25, 0.3) is 4.96 Å². The molecule has 4 heterocycles. The maximum Gasteiger partial charge on any atom is 0.373 e. The van der Waals surface area contributed by atoms with Gasteiger partial charge in [-0.25, -0.2) is 4.98 Å². The van der Waals surface area contributed by atoms with Crippen LogP contribution in [-0.4, -0.2) is 25.8 Å². The maximum atomic E-state index is 11.5. The molecule has 0 saturated carbocycles. The first-order chi connectivity index (χ1) is 10.3. The molecule has 0 spiro atoms. The first-order valence-corrected chi connectivity index (χ1v) is 8.27. The van der Waals surface area contributed by atoms with Gasteiger partial charge < -0.3 is 15.0 Å². The van der Waals surface area contributed by atoms with Gasteiger partial charge in [0, 0.05) is 23.5 Å². The van der Waals surface area contributed by atoms with Gasteiger partial charge in [-0.1, -0.05) is 11.3 Å². The molecular formula is C12H11N5O2S2. The number of nitro groups is 1. The van der Waals surface area contributed by atoms with Gasteiger partial charge in [-0.2, -0.15) is 9.38 Å². The van der Waals surface area contributed by atoms with E-state index in [2.05, 4.69) is 9.97 Å². The minimum Gasteiger partial charge on any atom is -0.358 e. The molecule has 0 aliphatic carbocycles. The highest BCUT2D eigenvalue weighted by molar-refractivity contribution is 7.15. The highest BCUT2D eigenvalue weighted by Gasteiger charge is 2.36. The number of fused-ring (bicyclic) bond motifs is 1. The topological polar surface area (TPSA) is 76.6 Å². The Morgan fingerprint density at radius 2 is 2.29 bits per heavy atom. The molecule has 1 fully saturated rings. The van der Waals surface area contributed by atoms with Gasteiger partial charge in [0.2, 0.25) is 5.82 Å². The van der Waals surface area contributed by atoms with E-state index in [4.69, 9.17) is 0 Å². The first-order valence-electron chi connectivity index (χ1n) is 6.51. The second-order valence-electron chi connectivity index (χ2n) is 4.79. The third-order valence-electron chi connectivity index (χ3n) is 3.65. The molecule has 1 atom stereocenters. The van der Waals surface area contributed by atoms with Gasteiger partial charge in [-0.15, -0.1) is 11.3 Å². The van der Waals surface area contributed by atoms with Gasteiger partial charge in [0.25, 0.3) is 4.96 Å². The van der Waals surface area contributed by atoms with Crippen molar-refractivity contribution in [2.75, 3.05) is 11.4 Å². The molecule has 1 saturated heterocycles. The van der Waals surface area contributed by atoms with Crippen molar-refractivity contribution in [3.63, 3.8) is 0 Å². The average molecular weight is 321 g/mol. The summed E-state index contributed by atoms with van der Waals surface area (Å²) < 4.78 is 1.55. The molecule has 3 aromatic heterocycles. The molecule has 0 aromatic carbocycles. The van der Waals surface area contributed by atoms with Gasteiger partial charge in [0.05, 0.1) is 6.04 Å². The molecule has 1 aliphatic heterocycles. The Kier molecular flexibility index (Phi) is 2.89. The normalized spacial score (nSPS) is 18.7. The number of aromatic nitrogens is 3. The number of hydrogen-bond donors (Lipinski definition) is 0. The van der Waals surface area contributed by atoms with Crippen LogP contribution < -0.4 is 4.90 Å². The molecule has 9 heteroatoms. The van der Waals surface area contributed by atoms with Gasteiger partial charge in [0.1, 0.15) is 11.2 Å². The third-order valence-corrected chi connectivity index (χ3v) is 5.29.